The maximum atomic E-state index is 12.0. The fourth-order valence-corrected chi connectivity index (χ4v) is 3.16. The maximum absolute atomic E-state index is 12.0. The molecule has 0 radical (unpaired) electrons. The van der Waals surface area contributed by atoms with Gasteiger partial charge in [0.15, 0.2) is 0 Å². The highest BCUT2D eigenvalue weighted by Gasteiger charge is 2.14. The van der Waals surface area contributed by atoms with E-state index in [1.807, 2.05) is 7.05 Å². The van der Waals surface area contributed by atoms with Crippen molar-refractivity contribution in [3.05, 3.63) is 22.7 Å². The Morgan fingerprint density at radius 2 is 2.06 bits per heavy atom. The van der Waals surface area contributed by atoms with Crippen LogP contribution in [-0.2, 0) is 10.0 Å². The van der Waals surface area contributed by atoms with Gasteiger partial charge in [0.1, 0.15) is 5.75 Å². The summed E-state index contributed by atoms with van der Waals surface area (Å²) in [7, 11) is -0.0911. The summed E-state index contributed by atoms with van der Waals surface area (Å²) in [6, 6.07) is 4.66. The van der Waals surface area contributed by atoms with Crippen LogP contribution in [0, 0.1) is 0 Å². The van der Waals surface area contributed by atoms with E-state index in [1.165, 1.54) is 19.2 Å². The number of nitrogens with one attached hydrogen (secondary N) is 2. The van der Waals surface area contributed by atoms with Gasteiger partial charge in [-0.3, -0.25) is 0 Å². The second-order valence-corrected chi connectivity index (χ2v) is 6.27. The van der Waals surface area contributed by atoms with E-state index in [-0.39, 0.29) is 4.90 Å². The van der Waals surface area contributed by atoms with Gasteiger partial charge in [0, 0.05) is 6.54 Å². The van der Waals surface area contributed by atoms with E-state index in [2.05, 4.69) is 26.0 Å². The van der Waals surface area contributed by atoms with Gasteiger partial charge in [0.05, 0.1) is 16.5 Å². The molecule has 102 valence electrons. The zero-order valence-corrected chi connectivity index (χ0v) is 12.8. The first-order valence-corrected chi connectivity index (χ1v) is 7.76. The van der Waals surface area contributed by atoms with Gasteiger partial charge in [0.25, 0.3) is 0 Å². The molecule has 0 saturated carbocycles. The first-order chi connectivity index (χ1) is 8.51. The normalized spacial score (nSPS) is 11.5. The molecule has 0 aromatic heterocycles. The monoisotopic (exact) mass is 336 g/mol. The Kier molecular flexibility index (Phi) is 6.07. The fourth-order valence-electron chi connectivity index (χ4n) is 1.37. The highest BCUT2D eigenvalue weighted by atomic mass is 79.9. The van der Waals surface area contributed by atoms with E-state index in [0.29, 0.717) is 16.8 Å². The first kappa shape index (κ1) is 15.4. The van der Waals surface area contributed by atoms with Gasteiger partial charge in [0.2, 0.25) is 10.0 Å². The third kappa shape index (κ3) is 4.24. The Morgan fingerprint density at radius 3 is 2.61 bits per heavy atom. The SMILES string of the molecule is CNCCCNS(=O)(=O)c1ccc(OC)c(Br)c1. The van der Waals surface area contributed by atoms with Crippen molar-refractivity contribution in [3.8, 4) is 5.75 Å². The first-order valence-electron chi connectivity index (χ1n) is 5.49. The summed E-state index contributed by atoms with van der Waals surface area (Å²) in [6.45, 7) is 1.18. The van der Waals surface area contributed by atoms with Crippen molar-refractivity contribution >= 4 is 26.0 Å². The Hall–Kier alpha value is -0.630. The molecule has 0 fully saturated rings. The minimum absolute atomic E-state index is 0.222. The topological polar surface area (TPSA) is 67.4 Å². The second kappa shape index (κ2) is 7.08. The van der Waals surface area contributed by atoms with Crippen LogP contribution in [0.3, 0.4) is 0 Å². The molecule has 0 unspecified atom stereocenters. The molecule has 0 aliphatic rings. The number of hydrogen-bond donors (Lipinski definition) is 2. The highest BCUT2D eigenvalue weighted by Crippen LogP contribution is 2.27. The largest absolute Gasteiger partial charge is 0.496 e. The number of ether oxygens (including phenoxy) is 1. The number of benzene rings is 1. The Morgan fingerprint density at radius 1 is 1.33 bits per heavy atom. The Labute approximate surface area is 116 Å². The van der Waals surface area contributed by atoms with Crippen LogP contribution < -0.4 is 14.8 Å². The van der Waals surface area contributed by atoms with Crippen molar-refractivity contribution in [2.24, 2.45) is 0 Å². The lowest BCUT2D eigenvalue weighted by molar-refractivity contribution is 0.411. The van der Waals surface area contributed by atoms with Crippen LogP contribution in [-0.4, -0.2) is 35.7 Å². The molecule has 1 rings (SSSR count). The number of hydrogen-bond acceptors (Lipinski definition) is 4. The molecule has 0 aliphatic heterocycles. The van der Waals surface area contributed by atoms with Crippen LogP contribution in [0.5, 0.6) is 5.75 Å². The summed E-state index contributed by atoms with van der Waals surface area (Å²) in [5.41, 5.74) is 0. The predicted octanol–water partition coefficient (Wildman–Crippen LogP) is 1.35. The molecule has 0 heterocycles. The molecule has 7 heteroatoms. The molecule has 2 N–H and O–H groups in total. The van der Waals surface area contributed by atoms with Crippen molar-refractivity contribution in [3.63, 3.8) is 0 Å². The molecule has 0 aliphatic carbocycles. The van der Waals surface area contributed by atoms with Crippen LogP contribution in [0.2, 0.25) is 0 Å². The average molecular weight is 337 g/mol. The van der Waals surface area contributed by atoms with E-state index in [0.717, 1.165) is 13.0 Å². The number of methoxy groups -OCH3 is 1. The zero-order valence-electron chi connectivity index (χ0n) is 10.4. The lowest BCUT2D eigenvalue weighted by Gasteiger charge is -2.08. The van der Waals surface area contributed by atoms with E-state index < -0.39 is 10.0 Å². The smallest absolute Gasteiger partial charge is 0.240 e. The van der Waals surface area contributed by atoms with Gasteiger partial charge in [-0.1, -0.05) is 0 Å². The number of sulfonamides is 1. The fraction of sp³-hybridized carbons (Fsp3) is 0.455. The van der Waals surface area contributed by atoms with E-state index in [1.54, 1.807) is 6.07 Å². The molecular formula is C11H17BrN2O3S. The summed E-state index contributed by atoms with van der Waals surface area (Å²) < 4.78 is 32.1. The van der Waals surface area contributed by atoms with Crippen LogP contribution >= 0.6 is 15.9 Å². The molecule has 18 heavy (non-hydrogen) atoms. The lowest BCUT2D eigenvalue weighted by Crippen LogP contribution is -2.26. The van der Waals surface area contributed by atoms with Crippen LogP contribution in [0.15, 0.2) is 27.6 Å². The zero-order chi connectivity index (χ0) is 13.6. The molecule has 1 aromatic carbocycles. The standard InChI is InChI=1S/C11H17BrN2O3S/c1-13-6-3-7-14-18(15,16)9-4-5-11(17-2)10(12)8-9/h4-5,8,13-14H,3,6-7H2,1-2H3. The molecule has 0 bridgehead atoms. The van der Waals surface area contributed by atoms with Crippen molar-refractivity contribution in [1.29, 1.82) is 0 Å². The molecule has 0 spiro atoms. The Balaban J connectivity index is 2.76. The number of rotatable bonds is 7. The van der Waals surface area contributed by atoms with Gasteiger partial charge in [-0.2, -0.15) is 0 Å². The lowest BCUT2D eigenvalue weighted by atomic mass is 10.3. The summed E-state index contributed by atoms with van der Waals surface area (Å²) in [5.74, 6) is 0.601. The number of halogens is 1. The second-order valence-electron chi connectivity index (χ2n) is 3.65. The third-order valence-electron chi connectivity index (χ3n) is 2.33. The van der Waals surface area contributed by atoms with Gasteiger partial charge < -0.3 is 10.1 Å². The van der Waals surface area contributed by atoms with E-state index in [4.69, 9.17) is 4.74 Å². The van der Waals surface area contributed by atoms with Gasteiger partial charge in [-0.25, -0.2) is 13.1 Å². The third-order valence-corrected chi connectivity index (χ3v) is 4.41. The van der Waals surface area contributed by atoms with Crippen molar-refractivity contribution < 1.29 is 13.2 Å². The summed E-state index contributed by atoms with van der Waals surface area (Å²) >= 11 is 3.27. The van der Waals surface area contributed by atoms with Crippen LogP contribution in [0.4, 0.5) is 0 Å². The van der Waals surface area contributed by atoms with Crippen molar-refractivity contribution in [2.75, 3.05) is 27.2 Å². The Bertz CT molecular complexity index is 491. The minimum atomic E-state index is -3.45. The van der Waals surface area contributed by atoms with Crippen molar-refractivity contribution in [1.82, 2.24) is 10.0 Å². The minimum Gasteiger partial charge on any atom is -0.496 e. The molecular weight excluding hydrogens is 320 g/mol. The summed E-state index contributed by atoms with van der Waals surface area (Å²) in [6.07, 6.45) is 0.743. The average Bonchev–Trinajstić information content (AvgIpc) is 2.34. The van der Waals surface area contributed by atoms with Gasteiger partial charge in [-0.15, -0.1) is 0 Å². The van der Waals surface area contributed by atoms with Gasteiger partial charge >= 0.3 is 0 Å². The summed E-state index contributed by atoms with van der Waals surface area (Å²) in [5, 5.41) is 2.96. The van der Waals surface area contributed by atoms with E-state index >= 15 is 0 Å². The molecule has 5 nitrogen and oxygen atoms in total. The maximum Gasteiger partial charge on any atom is 0.240 e. The van der Waals surface area contributed by atoms with Crippen molar-refractivity contribution in [2.45, 2.75) is 11.3 Å². The van der Waals surface area contributed by atoms with E-state index in [9.17, 15) is 8.42 Å². The van der Waals surface area contributed by atoms with Gasteiger partial charge in [-0.05, 0) is 54.1 Å². The van der Waals surface area contributed by atoms with Crippen LogP contribution in [0.25, 0.3) is 0 Å². The van der Waals surface area contributed by atoms with Crippen LogP contribution in [0.1, 0.15) is 6.42 Å². The predicted molar refractivity (Wildman–Crippen MR) is 74.4 cm³/mol. The molecule has 1 aromatic rings. The molecule has 0 saturated heterocycles. The highest BCUT2D eigenvalue weighted by molar-refractivity contribution is 9.10. The molecule has 0 atom stereocenters. The summed E-state index contributed by atoms with van der Waals surface area (Å²) in [4.78, 5) is 0.222. The quantitative estimate of drug-likeness (QED) is 0.737. The molecule has 0 amide bonds.